The van der Waals surface area contributed by atoms with E-state index in [1.807, 2.05) is 6.08 Å². The smallest absolute Gasteiger partial charge is 0.0458 e. The highest BCUT2D eigenvalue weighted by atomic mass is 15.2. The first-order valence-corrected chi connectivity index (χ1v) is 10.9. The summed E-state index contributed by atoms with van der Waals surface area (Å²) in [6, 6.07) is 19.4. The first kappa shape index (κ1) is 22.4. The van der Waals surface area contributed by atoms with Crippen molar-refractivity contribution in [1.29, 1.82) is 0 Å². The van der Waals surface area contributed by atoms with Crippen LogP contribution >= 0.6 is 0 Å². The lowest BCUT2D eigenvalue weighted by atomic mass is 9.93. The molecular weight excluding hydrogens is 374 g/mol. The summed E-state index contributed by atoms with van der Waals surface area (Å²) < 4.78 is 0. The minimum absolute atomic E-state index is 0.210. The van der Waals surface area contributed by atoms with Crippen molar-refractivity contribution in [3.63, 3.8) is 0 Å². The zero-order valence-electron chi connectivity index (χ0n) is 19.2. The number of anilines is 1. The molecule has 0 aliphatic carbocycles. The Balaban J connectivity index is 1.90. The largest absolute Gasteiger partial charge is 0.315 e. The number of hydrogen-bond acceptors (Lipinski definition) is 1. The topological polar surface area (TPSA) is 3.24 Å². The van der Waals surface area contributed by atoms with E-state index in [4.69, 9.17) is 0 Å². The SMILES string of the molecule is C=C/C=C\C(/C=C1/C(=C)N(c2ccc(C(C)c3ccccc3)cc2)C(=C)C1C)=C(C)C. The Morgan fingerprint density at radius 2 is 1.58 bits per heavy atom. The molecule has 1 heterocycles. The molecule has 1 saturated heterocycles. The van der Waals surface area contributed by atoms with E-state index in [1.54, 1.807) is 6.08 Å². The van der Waals surface area contributed by atoms with Gasteiger partial charge in [0.2, 0.25) is 0 Å². The summed E-state index contributed by atoms with van der Waals surface area (Å²) in [4.78, 5) is 2.19. The molecule has 0 bridgehead atoms. The maximum absolute atomic E-state index is 4.42. The fourth-order valence-electron chi connectivity index (χ4n) is 4.00. The molecule has 1 nitrogen and oxygen atoms in total. The normalized spacial score (nSPS) is 18.6. The van der Waals surface area contributed by atoms with Gasteiger partial charge in [-0.1, -0.05) is 99.9 Å². The summed E-state index contributed by atoms with van der Waals surface area (Å²) >= 11 is 0. The van der Waals surface area contributed by atoms with Gasteiger partial charge in [0.15, 0.2) is 0 Å². The molecule has 2 unspecified atom stereocenters. The van der Waals surface area contributed by atoms with Crippen LogP contribution in [0, 0.1) is 5.92 Å². The highest BCUT2D eigenvalue weighted by Gasteiger charge is 2.32. The van der Waals surface area contributed by atoms with Crippen molar-refractivity contribution >= 4 is 5.69 Å². The Hall–Kier alpha value is -3.32. The highest BCUT2D eigenvalue weighted by Crippen LogP contribution is 2.43. The Morgan fingerprint density at radius 1 is 0.968 bits per heavy atom. The summed E-state index contributed by atoms with van der Waals surface area (Å²) in [6.07, 6.45) is 8.11. The Morgan fingerprint density at radius 3 is 2.16 bits per heavy atom. The molecule has 3 rings (SSSR count). The van der Waals surface area contributed by atoms with Crippen molar-refractivity contribution in [2.75, 3.05) is 4.90 Å². The molecular formula is C30H33N. The molecule has 1 aliphatic rings. The third-order valence-corrected chi connectivity index (χ3v) is 6.11. The van der Waals surface area contributed by atoms with Crippen LogP contribution in [0.5, 0.6) is 0 Å². The van der Waals surface area contributed by atoms with Gasteiger partial charge in [-0.25, -0.2) is 0 Å². The van der Waals surface area contributed by atoms with E-state index in [9.17, 15) is 0 Å². The summed E-state index contributed by atoms with van der Waals surface area (Å²) in [6.45, 7) is 21.3. The third-order valence-electron chi connectivity index (χ3n) is 6.11. The van der Waals surface area contributed by atoms with Crippen LogP contribution in [0.1, 0.15) is 44.7 Å². The van der Waals surface area contributed by atoms with Gasteiger partial charge >= 0.3 is 0 Å². The predicted molar refractivity (Wildman–Crippen MR) is 136 cm³/mol. The molecule has 31 heavy (non-hydrogen) atoms. The molecule has 0 amide bonds. The lowest BCUT2D eigenvalue weighted by molar-refractivity contribution is 0.861. The average molecular weight is 408 g/mol. The number of benzene rings is 2. The van der Waals surface area contributed by atoms with Crippen molar-refractivity contribution in [3.05, 3.63) is 138 Å². The number of nitrogens with zero attached hydrogens (tertiary/aromatic N) is 1. The van der Waals surface area contributed by atoms with Crippen LogP contribution < -0.4 is 4.90 Å². The van der Waals surface area contributed by atoms with E-state index in [-0.39, 0.29) is 5.92 Å². The second-order valence-corrected chi connectivity index (χ2v) is 8.37. The van der Waals surface area contributed by atoms with Crippen LogP contribution in [-0.2, 0) is 0 Å². The third kappa shape index (κ3) is 4.72. The molecule has 0 spiro atoms. The Kier molecular flexibility index (Phi) is 6.97. The van der Waals surface area contributed by atoms with Crippen molar-refractivity contribution < 1.29 is 0 Å². The Bertz CT molecular complexity index is 1060. The lowest BCUT2D eigenvalue weighted by Gasteiger charge is -2.22. The quantitative estimate of drug-likeness (QED) is 0.435. The van der Waals surface area contributed by atoms with Crippen molar-refractivity contribution in [1.82, 2.24) is 0 Å². The van der Waals surface area contributed by atoms with Crippen LogP contribution in [0.4, 0.5) is 5.69 Å². The molecule has 2 aromatic rings. The van der Waals surface area contributed by atoms with Gasteiger partial charge in [0.1, 0.15) is 0 Å². The van der Waals surface area contributed by atoms with Gasteiger partial charge in [-0.15, -0.1) is 0 Å². The van der Waals surface area contributed by atoms with Crippen LogP contribution in [-0.4, -0.2) is 0 Å². The second kappa shape index (κ2) is 9.66. The average Bonchev–Trinajstić information content (AvgIpc) is 2.99. The maximum Gasteiger partial charge on any atom is 0.0458 e. The second-order valence-electron chi connectivity index (χ2n) is 8.37. The minimum Gasteiger partial charge on any atom is -0.315 e. The maximum atomic E-state index is 4.42. The van der Waals surface area contributed by atoms with Gasteiger partial charge in [0, 0.05) is 28.9 Å². The first-order chi connectivity index (χ1) is 14.8. The van der Waals surface area contributed by atoms with E-state index in [1.165, 1.54) is 27.8 Å². The predicted octanol–water partition coefficient (Wildman–Crippen LogP) is 8.33. The number of hydrogen-bond donors (Lipinski definition) is 0. The van der Waals surface area contributed by atoms with E-state index >= 15 is 0 Å². The first-order valence-electron chi connectivity index (χ1n) is 10.9. The van der Waals surface area contributed by atoms with Crippen molar-refractivity contribution in [2.45, 2.75) is 33.6 Å². The highest BCUT2D eigenvalue weighted by molar-refractivity contribution is 5.69. The molecule has 0 aromatic heterocycles. The van der Waals surface area contributed by atoms with Gasteiger partial charge in [0.05, 0.1) is 0 Å². The molecule has 1 fully saturated rings. The molecule has 1 heteroatoms. The number of allylic oxidation sites excluding steroid dienone is 8. The zero-order valence-corrected chi connectivity index (χ0v) is 19.2. The Labute approximate surface area is 188 Å². The summed E-state index contributed by atoms with van der Waals surface area (Å²) in [5.41, 5.74) is 9.43. The van der Waals surface area contributed by atoms with Gasteiger partial charge in [-0.2, -0.15) is 0 Å². The molecule has 158 valence electrons. The standard InChI is InChI=1S/C30H33N/c1-8-9-13-28(21(2)3)20-30-22(4)24(6)31(25(30)7)29-18-16-27(17-19-29)23(5)26-14-11-10-12-15-26/h8-20,22-23H,1,6-7H2,2-5H3/b13-9-,30-20+. The minimum atomic E-state index is 0.210. The van der Waals surface area contributed by atoms with Crippen molar-refractivity contribution in [2.24, 2.45) is 5.92 Å². The fraction of sp³-hybridized carbons (Fsp3) is 0.200. The van der Waals surface area contributed by atoms with Crippen LogP contribution in [0.15, 0.2) is 127 Å². The molecule has 0 saturated carbocycles. The van der Waals surface area contributed by atoms with E-state index in [0.717, 1.165) is 17.1 Å². The lowest BCUT2D eigenvalue weighted by Crippen LogP contribution is -2.14. The van der Waals surface area contributed by atoms with E-state index in [2.05, 4.69) is 119 Å². The fourth-order valence-corrected chi connectivity index (χ4v) is 4.00. The van der Waals surface area contributed by atoms with E-state index < -0.39 is 0 Å². The van der Waals surface area contributed by atoms with Crippen LogP contribution in [0.2, 0.25) is 0 Å². The molecule has 2 atom stereocenters. The molecule has 0 radical (unpaired) electrons. The van der Waals surface area contributed by atoms with Gasteiger partial charge in [-0.05, 0) is 54.3 Å². The number of rotatable bonds is 6. The van der Waals surface area contributed by atoms with Crippen LogP contribution in [0.25, 0.3) is 0 Å². The van der Waals surface area contributed by atoms with Gasteiger partial charge in [0.25, 0.3) is 0 Å². The monoisotopic (exact) mass is 407 g/mol. The van der Waals surface area contributed by atoms with E-state index in [0.29, 0.717) is 5.92 Å². The van der Waals surface area contributed by atoms with Crippen molar-refractivity contribution in [3.8, 4) is 0 Å². The summed E-state index contributed by atoms with van der Waals surface area (Å²) in [5, 5.41) is 0. The zero-order chi connectivity index (χ0) is 22.5. The molecule has 2 aromatic carbocycles. The van der Waals surface area contributed by atoms with Gasteiger partial charge < -0.3 is 4.90 Å². The van der Waals surface area contributed by atoms with Crippen LogP contribution in [0.3, 0.4) is 0 Å². The van der Waals surface area contributed by atoms with Gasteiger partial charge in [-0.3, -0.25) is 0 Å². The summed E-state index contributed by atoms with van der Waals surface area (Å²) in [5.74, 6) is 0.563. The molecule has 0 N–H and O–H groups in total. The molecule has 1 aliphatic heterocycles. The summed E-state index contributed by atoms with van der Waals surface area (Å²) in [7, 11) is 0.